The minimum Gasteiger partial charge on any atom is -0.478 e. The van der Waals surface area contributed by atoms with Crippen LogP contribution in [-0.2, 0) is 19.5 Å². The molecule has 0 unspecified atom stereocenters. The molecule has 0 radical (unpaired) electrons. The highest BCUT2D eigenvalue weighted by Crippen LogP contribution is 2.15. The van der Waals surface area contributed by atoms with Crippen molar-refractivity contribution in [1.82, 2.24) is 34.5 Å². The second kappa shape index (κ2) is 8.05. The number of carboxylic acid groups (broad SMARTS) is 1. The van der Waals surface area contributed by atoms with Crippen molar-refractivity contribution in [3.05, 3.63) is 59.9 Å². The summed E-state index contributed by atoms with van der Waals surface area (Å²) in [6.45, 7) is 1.27. The zero-order valence-electron chi connectivity index (χ0n) is 15.6. The average molecular weight is 392 g/mol. The van der Waals surface area contributed by atoms with E-state index in [1.807, 2.05) is 27.6 Å². The van der Waals surface area contributed by atoms with E-state index in [2.05, 4.69) is 25.3 Å². The van der Waals surface area contributed by atoms with Crippen LogP contribution in [-0.4, -0.2) is 45.6 Å². The zero-order chi connectivity index (χ0) is 20.2. The first-order valence-corrected chi connectivity index (χ1v) is 9.23. The monoisotopic (exact) mass is 392 g/mol. The number of imidazole rings is 1. The summed E-state index contributed by atoms with van der Waals surface area (Å²) in [7, 11) is 0. The Bertz CT molecular complexity index is 1130. The first-order chi connectivity index (χ1) is 14.1. The lowest BCUT2D eigenvalue weighted by atomic mass is 10.1. The first kappa shape index (κ1) is 18.5. The second-order valence-electron chi connectivity index (χ2n) is 6.74. The Labute approximate surface area is 166 Å². The number of nitrogens with zero attached hydrogens (tertiary/aromatic N) is 7. The van der Waals surface area contributed by atoms with Crippen LogP contribution in [0.25, 0.3) is 11.2 Å². The Kier molecular flexibility index (Phi) is 5.14. The molecule has 3 N–H and O–H groups in total. The van der Waals surface area contributed by atoms with Gasteiger partial charge in [0, 0.05) is 6.54 Å². The van der Waals surface area contributed by atoms with Gasteiger partial charge in [-0.2, -0.15) is 0 Å². The van der Waals surface area contributed by atoms with E-state index in [1.165, 1.54) is 6.33 Å². The molecular formula is C19H20N8O2. The zero-order valence-corrected chi connectivity index (χ0v) is 15.6. The van der Waals surface area contributed by atoms with Gasteiger partial charge in [-0.3, -0.25) is 4.68 Å². The Morgan fingerprint density at radius 1 is 1.10 bits per heavy atom. The molecule has 0 fully saturated rings. The van der Waals surface area contributed by atoms with Crippen LogP contribution < -0.4 is 5.73 Å². The third kappa shape index (κ3) is 4.21. The third-order valence-electron chi connectivity index (χ3n) is 4.65. The highest BCUT2D eigenvalue weighted by molar-refractivity contribution is 5.87. The SMILES string of the molecule is Nc1ncnc2c1ncn2Cc1cn(CCCCc2ccc(C(=O)O)cc2)nn1. The van der Waals surface area contributed by atoms with E-state index in [-0.39, 0.29) is 0 Å². The fraction of sp³-hybridized carbons (Fsp3) is 0.263. The van der Waals surface area contributed by atoms with Crippen LogP contribution in [0.4, 0.5) is 5.82 Å². The highest BCUT2D eigenvalue weighted by atomic mass is 16.4. The fourth-order valence-corrected chi connectivity index (χ4v) is 3.13. The van der Waals surface area contributed by atoms with E-state index in [1.54, 1.807) is 18.5 Å². The number of carbonyl (C=O) groups is 1. The first-order valence-electron chi connectivity index (χ1n) is 9.23. The number of aromatic carboxylic acids is 1. The van der Waals surface area contributed by atoms with Gasteiger partial charge in [0.1, 0.15) is 17.5 Å². The minimum absolute atomic E-state index is 0.309. The van der Waals surface area contributed by atoms with Crippen LogP contribution in [0, 0.1) is 0 Å². The summed E-state index contributed by atoms with van der Waals surface area (Å²) < 4.78 is 3.69. The fourth-order valence-electron chi connectivity index (χ4n) is 3.13. The maximum atomic E-state index is 10.9. The number of nitrogens with two attached hydrogens (primary N) is 1. The molecule has 148 valence electrons. The van der Waals surface area contributed by atoms with Crippen LogP contribution >= 0.6 is 0 Å². The molecule has 1 aromatic carbocycles. The van der Waals surface area contributed by atoms with Crippen molar-refractivity contribution < 1.29 is 9.90 Å². The van der Waals surface area contributed by atoms with Gasteiger partial charge in [-0.05, 0) is 37.0 Å². The molecule has 0 saturated carbocycles. The van der Waals surface area contributed by atoms with Gasteiger partial charge < -0.3 is 15.4 Å². The van der Waals surface area contributed by atoms with Gasteiger partial charge in [0.25, 0.3) is 0 Å². The molecule has 10 heteroatoms. The molecule has 0 spiro atoms. The summed E-state index contributed by atoms with van der Waals surface area (Å²) in [5, 5.41) is 17.3. The van der Waals surface area contributed by atoms with Crippen molar-refractivity contribution in [1.29, 1.82) is 0 Å². The summed E-state index contributed by atoms with van der Waals surface area (Å²) in [6, 6.07) is 7.00. The van der Waals surface area contributed by atoms with Crippen LogP contribution in [0.1, 0.15) is 34.5 Å². The Morgan fingerprint density at radius 3 is 2.72 bits per heavy atom. The maximum Gasteiger partial charge on any atom is 0.335 e. The van der Waals surface area contributed by atoms with E-state index >= 15 is 0 Å². The van der Waals surface area contributed by atoms with Crippen molar-refractivity contribution in [2.45, 2.75) is 32.4 Å². The largest absolute Gasteiger partial charge is 0.478 e. The van der Waals surface area contributed by atoms with Crippen molar-refractivity contribution in [2.24, 2.45) is 0 Å². The Hall–Kier alpha value is -3.82. The van der Waals surface area contributed by atoms with Crippen molar-refractivity contribution in [2.75, 3.05) is 5.73 Å². The number of carboxylic acids is 1. The molecule has 3 heterocycles. The molecule has 0 bridgehead atoms. The van der Waals surface area contributed by atoms with Gasteiger partial charge in [-0.15, -0.1) is 5.10 Å². The standard InChI is InChI=1S/C19H20N8O2/c20-17-16-18(22-11-21-17)26(12-23-16)9-15-10-27(25-24-15)8-2-1-3-13-4-6-14(7-5-13)19(28)29/h4-7,10-12H,1-3,8-9H2,(H,28,29)(H2,20,21,22). The number of rotatable bonds is 8. The van der Waals surface area contributed by atoms with E-state index in [4.69, 9.17) is 10.8 Å². The summed E-state index contributed by atoms with van der Waals surface area (Å²) in [6.07, 6.45) is 7.82. The quantitative estimate of drug-likeness (QED) is 0.433. The summed E-state index contributed by atoms with van der Waals surface area (Å²) in [5.41, 5.74) is 9.31. The third-order valence-corrected chi connectivity index (χ3v) is 4.65. The number of anilines is 1. The van der Waals surface area contributed by atoms with Crippen LogP contribution in [0.2, 0.25) is 0 Å². The number of benzene rings is 1. The maximum absolute atomic E-state index is 10.9. The van der Waals surface area contributed by atoms with Crippen LogP contribution in [0.15, 0.2) is 43.1 Å². The van der Waals surface area contributed by atoms with E-state index in [0.29, 0.717) is 29.1 Å². The number of hydrogen-bond acceptors (Lipinski definition) is 7. The molecule has 0 amide bonds. The van der Waals surface area contributed by atoms with Gasteiger partial charge in [0.15, 0.2) is 11.5 Å². The second-order valence-corrected chi connectivity index (χ2v) is 6.74. The van der Waals surface area contributed by atoms with Crippen molar-refractivity contribution in [3.8, 4) is 0 Å². The molecule has 4 aromatic rings. The minimum atomic E-state index is -0.904. The highest BCUT2D eigenvalue weighted by Gasteiger charge is 2.10. The number of nitrogen functional groups attached to an aromatic ring is 1. The molecule has 0 aliphatic carbocycles. The predicted molar refractivity (Wildman–Crippen MR) is 105 cm³/mol. The van der Waals surface area contributed by atoms with Crippen LogP contribution in [0.5, 0.6) is 0 Å². The summed E-state index contributed by atoms with van der Waals surface area (Å²) in [5.74, 6) is -0.548. The van der Waals surface area contributed by atoms with Crippen LogP contribution in [0.3, 0.4) is 0 Å². The summed E-state index contributed by atoms with van der Waals surface area (Å²) in [4.78, 5) is 23.3. The number of unbranched alkanes of at least 4 members (excludes halogenated alkanes) is 1. The number of hydrogen-bond donors (Lipinski definition) is 2. The van der Waals surface area contributed by atoms with Gasteiger partial charge >= 0.3 is 5.97 Å². The van der Waals surface area contributed by atoms with Crippen molar-refractivity contribution >= 4 is 23.0 Å². The summed E-state index contributed by atoms with van der Waals surface area (Å²) >= 11 is 0. The molecule has 3 aromatic heterocycles. The van der Waals surface area contributed by atoms with E-state index in [9.17, 15) is 4.79 Å². The molecule has 10 nitrogen and oxygen atoms in total. The van der Waals surface area contributed by atoms with Gasteiger partial charge in [0.05, 0.1) is 24.6 Å². The normalized spacial score (nSPS) is 11.2. The molecule has 0 atom stereocenters. The van der Waals surface area contributed by atoms with Crippen molar-refractivity contribution in [3.63, 3.8) is 0 Å². The van der Waals surface area contributed by atoms with E-state index < -0.39 is 5.97 Å². The van der Waals surface area contributed by atoms with E-state index in [0.717, 1.165) is 37.1 Å². The van der Waals surface area contributed by atoms with Gasteiger partial charge in [-0.25, -0.2) is 19.7 Å². The lowest BCUT2D eigenvalue weighted by Gasteiger charge is -2.03. The lowest BCUT2D eigenvalue weighted by Crippen LogP contribution is -2.01. The van der Waals surface area contributed by atoms with Gasteiger partial charge in [0.2, 0.25) is 0 Å². The topological polar surface area (TPSA) is 138 Å². The number of aromatic nitrogens is 7. The molecule has 29 heavy (non-hydrogen) atoms. The molecular weight excluding hydrogens is 372 g/mol. The number of fused-ring (bicyclic) bond motifs is 1. The Balaban J connectivity index is 1.29. The molecule has 0 saturated heterocycles. The Morgan fingerprint density at radius 2 is 1.93 bits per heavy atom. The predicted octanol–water partition coefficient (Wildman–Crippen LogP) is 1.77. The molecule has 4 rings (SSSR count). The number of aryl methyl sites for hydroxylation is 2. The smallest absolute Gasteiger partial charge is 0.335 e. The average Bonchev–Trinajstić information content (AvgIpc) is 3.34. The molecule has 0 aliphatic rings. The molecule has 0 aliphatic heterocycles. The lowest BCUT2D eigenvalue weighted by molar-refractivity contribution is 0.0697. The van der Waals surface area contributed by atoms with Gasteiger partial charge in [-0.1, -0.05) is 17.3 Å².